The van der Waals surface area contributed by atoms with E-state index in [0.29, 0.717) is 26.3 Å². The maximum absolute atomic E-state index is 5.88. The van der Waals surface area contributed by atoms with Crippen molar-refractivity contribution < 1.29 is 9.47 Å². The van der Waals surface area contributed by atoms with Gasteiger partial charge in [-0.15, -0.1) is 24.0 Å². The summed E-state index contributed by atoms with van der Waals surface area (Å²) in [6.45, 7) is 6.45. The van der Waals surface area contributed by atoms with Gasteiger partial charge in [-0.25, -0.2) is 0 Å². The van der Waals surface area contributed by atoms with E-state index in [1.165, 1.54) is 16.8 Å². The number of anilines is 1. The van der Waals surface area contributed by atoms with Crippen molar-refractivity contribution in [2.75, 3.05) is 45.4 Å². The zero-order valence-corrected chi connectivity index (χ0v) is 20.9. The molecule has 3 rings (SSSR count). The summed E-state index contributed by atoms with van der Waals surface area (Å²) < 4.78 is 11.0. The highest BCUT2D eigenvalue weighted by atomic mass is 127. The number of hydrogen-bond acceptors (Lipinski definition) is 4. The fourth-order valence-electron chi connectivity index (χ4n) is 3.31. The lowest BCUT2D eigenvalue weighted by molar-refractivity contribution is 0.145. The van der Waals surface area contributed by atoms with Crippen molar-refractivity contribution in [1.29, 1.82) is 0 Å². The van der Waals surface area contributed by atoms with Crippen LogP contribution in [0.25, 0.3) is 0 Å². The number of rotatable bonds is 9. The number of methoxy groups -OCH3 is 1. The Morgan fingerprint density at radius 2 is 1.81 bits per heavy atom. The van der Waals surface area contributed by atoms with Crippen LogP contribution in [0.2, 0.25) is 0 Å². The van der Waals surface area contributed by atoms with Gasteiger partial charge in [0.05, 0.1) is 6.61 Å². The fraction of sp³-hybridized carbons (Fsp3) is 0.375. The lowest BCUT2D eigenvalue weighted by Gasteiger charge is -2.19. The fourth-order valence-corrected chi connectivity index (χ4v) is 3.31. The number of aliphatic imine (C=N–C) groups is 1. The van der Waals surface area contributed by atoms with E-state index in [-0.39, 0.29) is 24.0 Å². The molecular formula is C24H33IN4O2. The van der Waals surface area contributed by atoms with Crippen LogP contribution >= 0.6 is 24.0 Å². The highest BCUT2D eigenvalue weighted by Gasteiger charge is 2.09. The third-order valence-electron chi connectivity index (χ3n) is 4.99. The molecule has 1 heterocycles. The second-order valence-corrected chi connectivity index (χ2v) is 7.28. The normalized spacial score (nSPS) is 13.1. The Morgan fingerprint density at radius 3 is 2.55 bits per heavy atom. The lowest BCUT2D eigenvalue weighted by atomic mass is 10.1. The summed E-state index contributed by atoms with van der Waals surface area (Å²) >= 11 is 0. The Hall–Kier alpha value is -2.26. The number of guanidine groups is 1. The average molecular weight is 536 g/mol. The van der Waals surface area contributed by atoms with Crippen molar-refractivity contribution in [3.8, 4) is 5.75 Å². The Morgan fingerprint density at radius 1 is 1.03 bits per heavy atom. The van der Waals surface area contributed by atoms with E-state index < -0.39 is 0 Å². The highest BCUT2D eigenvalue weighted by Crippen LogP contribution is 2.21. The first-order valence-electron chi connectivity index (χ1n) is 10.3. The van der Waals surface area contributed by atoms with Crippen LogP contribution in [-0.4, -0.2) is 46.4 Å². The maximum Gasteiger partial charge on any atom is 0.191 e. The van der Waals surface area contributed by atoms with Crippen LogP contribution in [0.1, 0.15) is 16.7 Å². The summed E-state index contributed by atoms with van der Waals surface area (Å²) in [6, 6.07) is 14.9. The molecule has 168 valence electrons. The summed E-state index contributed by atoms with van der Waals surface area (Å²) in [5.74, 6) is 1.63. The van der Waals surface area contributed by atoms with Crippen LogP contribution in [-0.2, 0) is 17.8 Å². The molecule has 0 saturated carbocycles. The molecule has 0 atom stereocenters. The number of hydrogen-bond donors (Lipinski definition) is 2. The van der Waals surface area contributed by atoms with Crippen LogP contribution in [0.5, 0.6) is 5.75 Å². The van der Waals surface area contributed by atoms with Crippen LogP contribution in [0, 0.1) is 6.92 Å². The highest BCUT2D eigenvalue weighted by molar-refractivity contribution is 14.0. The molecule has 2 aromatic carbocycles. The van der Waals surface area contributed by atoms with Gasteiger partial charge in [-0.1, -0.05) is 36.4 Å². The number of nitrogens with zero attached hydrogens (tertiary/aromatic N) is 2. The third-order valence-corrected chi connectivity index (χ3v) is 4.99. The van der Waals surface area contributed by atoms with Gasteiger partial charge in [0.1, 0.15) is 12.4 Å². The zero-order valence-electron chi connectivity index (χ0n) is 18.6. The van der Waals surface area contributed by atoms with E-state index in [1.54, 1.807) is 14.2 Å². The van der Waals surface area contributed by atoms with E-state index >= 15 is 0 Å². The predicted octanol–water partition coefficient (Wildman–Crippen LogP) is 3.88. The smallest absolute Gasteiger partial charge is 0.191 e. The molecule has 31 heavy (non-hydrogen) atoms. The molecule has 0 aliphatic carbocycles. The van der Waals surface area contributed by atoms with Crippen LogP contribution in [0.15, 0.2) is 59.6 Å². The Bertz CT molecular complexity index is 878. The zero-order chi connectivity index (χ0) is 21.2. The molecule has 0 fully saturated rings. The van der Waals surface area contributed by atoms with Crippen molar-refractivity contribution in [3.05, 3.63) is 71.3 Å². The summed E-state index contributed by atoms with van der Waals surface area (Å²) in [6.07, 6.45) is 4.41. The Labute approximate surface area is 202 Å². The molecule has 6 nitrogen and oxygen atoms in total. The number of aryl methyl sites for hydroxylation is 1. The summed E-state index contributed by atoms with van der Waals surface area (Å²) in [7, 11) is 3.46. The van der Waals surface area contributed by atoms with Gasteiger partial charge in [0.15, 0.2) is 5.96 Å². The molecule has 0 spiro atoms. The number of benzene rings is 2. The van der Waals surface area contributed by atoms with Gasteiger partial charge >= 0.3 is 0 Å². The van der Waals surface area contributed by atoms with Crippen molar-refractivity contribution >= 4 is 35.6 Å². The molecule has 1 aliphatic rings. The van der Waals surface area contributed by atoms with E-state index in [0.717, 1.165) is 30.4 Å². The average Bonchev–Trinajstić information content (AvgIpc) is 3.30. The summed E-state index contributed by atoms with van der Waals surface area (Å²) in [5.41, 5.74) is 4.73. The van der Waals surface area contributed by atoms with Crippen molar-refractivity contribution in [2.45, 2.75) is 20.0 Å². The molecule has 7 heteroatoms. The van der Waals surface area contributed by atoms with Crippen LogP contribution in [0.4, 0.5) is 5.69 Å². The first-order valence-corrected chi connectivity index (χ1v) is 10.3. The minimum atomic E-state index is 0. The first kappa shape index (κ1) is 25.0. The van der Waals surface area contributed by atoms with Gasteiger partial charge in [-0.05, 0) is 36.2 Å². The van der Waals surface area contributed by atoms with Crippen molar-refractivity contribution in [1.82, 2.24) is 10.6 Å². The van der Waals surface area contributed by atoms with Crippen molar-refractivity contribution in [3.63, 3.8) is 0 Å². The minimum absolute atomic E-state index is 0. The molecule has 0 bridgehead atoms. The van der Waals surface area contributed by atoms with Crippen LogP contribution in [0.3, 0.4) is 0 Å². The van der Waals surface area contributed by atoms with E-state index in [1.807, 2.05) is 0 Å². The maximum atomic E-state index is 5.88. The van der Waals surface area contributed by atoms with E-state index in [2.05, 4.69) is 82.1 Å². The summed E-state index contributed by atoms with van der Waals surface area (Å²) in [4.78, 5) is 6.70. The molecule has 0 aromatic heterocycles. The van der Waals surface area contributed by atoms with Gasteiger partial charge in [-0.2, -0.15) is 0 Å². The number of halogens is 1. The molecular weight excluding hydrogens is 503 g/mol. The van der Waals surface area contributed by atoms with E-state index in [4.69, 9.17) is 9.47 Å². The third kappa shape index (κ3) is 7.74. The lowest BCUT2D eigenvalue weighted by Crippen LogP contribution is -2.36. The molecule has 1 aliphatic heterocycles. The Balaban J connectivity index is 0.00000341. The molecule has 2 N–H and O–H groups in total. The molecule has 0 saturated heterocycles. The molecule has 2 aromatic rings. The summed E-state index contributed by atoms with van der Waals surface area (Å²) in [5, 5.41) is 6.78. The largest absolute Gasteiger partial charge is 0.491 e. The Kier molecular flexibility index (Phi) is 10.7. The van der Waals surface area contributed by atoms with Gasteiger partial charge in [-0.3, -0.25) is 4.99 Å². The van der Waals surface area contributed by atoms with E-state index in [9.17, 15) is 0 Å². The topological polar surface area (TPSA) is 58.1 Å². The van der Waals surface area contributed by atoms with Gasteiger partial charge < -0.3 is 25.0 Å². The SMILES string of the molecule is CN=C(NCc1cccc(N2CC=CC2)c1)NCc1ccc(C)cc1OCCOC.I. The number of ether oxygens (including phenoxy) is 2. The monoisotopic (exact) mass is 536 g/mol. The number of nitrogens with one attached hydrogen (secondary N) is 2. The molecule has 0 radical (unpaired) electrons. The van der Waals surface area contributed by atoms with Gasteiger partial charge in [0.25, 0.3) is 0 Å². The molecule has 0 amide bonds. The van der Waals surface area contributed by atoms with Crippen molar-refractivity contribution in [2.24, 2.45) is 4.99 Å². The van der Waals surface area contributed by atoms with Gasteiger partial charge in [0.2, 0.25) is 0 Å². The first-order chi connectivity index (χ1) is 14.7. The molecule has 0 unspecified atom stereocenters. The predicted molar refractivity (Wildman–Crippen MR) is 139 cm³/mol. The second-order valence-electron chi connectivity index (χ2n) is 7.28. The van der Waals surface area contributed by atoms with Crippen LogP contribution < -0.4 is 20.3 Å². The minimum Gasteiger partial charge on any atom is -0.491 e. The quantitative estimate of drug-likeness (QED) is 0.168. The second kappa shape index (κ2) is 13.2. The van der Waals surface area contributed by atoms with Gasteiger partial charge in [0, 0.05) is 51.6 Å². The standard InChI is InChI=1S/C24H32N4O2.HI/c1-19-9-10-21(23(15-19)30-14-13-29-3)18-27-24(25-2)26-17-20-7-6-8-22(16-20)28-11-4-5-12-28;/h4-10,15-16H,11-14,17-18H2,1-3H3,(H2,25,26,27);1H.